The zero-order valence-electron chi connectivity index (χ0n) is 13.9. The van der Waals surface area contributed by atoms with Crippen molar-refractivity contribution in [2.75, 3.05) is 26.2 Å². The Hall–Kier alpha value is -0.870. The van der Waals surface area contributed by atoms with Crippen molar-refractivity contribution in [3.63, 3.8) is 0 Å². The van der Waals surface area contributed by atoms with Crippen LogP contribution in [0, 0.1) is 0 Å². The van der Waals surface area contributed by atoms with Gasteiger partial charge in [-0.3, -0.25) is 9.80 Å². The van der Waals surface area contributed by atoms with E-state index in [1.807, 2.05) is 6.20 Å². The number of rotatable bonds is 3. The molecule has 1 aliphatic heterocycles. The minimum absolute atomic E-state index is 0.0343. The number of hydrogen-bond donors (Lipinski definition) is 0. The molecule has 1 saturated carbocycles. The summed E-state index contributed by atoms with van der Waals surface area (Å²) in [5.41, 5.74) is 0.0343. The van der Waals surface area contributed by atoms with E-state index >= 15 is 0 Å². The smallest absolute Gasteiger partial charge is 0.211 e. The molecule has 118 valence electrons. The van der Waals surface area contributed by atoms with Crippen molar-refractivity contribution < 1.29 is 4.42 Å². The fourth-order valence-corrected chi connectivity index (χ4v) is 3.13. The molecule has 0 amide bonds. The van der Waals surface area contributed by atoms with Crippen LogP contribution in [-0.4, -0.2) is 47.0 Å². The van der Waals surface area contributed by atoms with Gasteiger partial charge in [-0.25, -0.2) is 4.98 Å². The molecule has 1 aliphatic carbocycles. The Morgan fingerprint density at radius 2 is 1.95 bits per heavy atom. The summed E-state index contributed by atoms with van der Waals surface area (Å²) < 4.78 is 6.02. The van der Waals surface area contributed by atoms with Crippen LogP contribution >= 0.6 is 0 Å². The van der Waals surface area contributed by atoms with Gasteiger partial charge < -0.3 is 4.42 Å². The van der Waals surface area contributed by atoms with Gasteiger partial charge in [0, 0.05) is 31.1 Å². The van der Waals surface area contributed by atoms with Crippen molar-refractivity contribution in [3.8, 4) is 0 Å². The van der Waals surface area contributed by atoms with Crippen LogP contribution in [0.3, 0.4) is 0 Å². The Labute approximate surface area is 128 Å². The Bertz CT molecular complexity index is 473. The second-order valence-electron chi connectivity index (χ2n) is 7.65. The zero-order valence-corrected chi connectivity index (χ0v) is 13.9. The predicted molar refractivity (Wildman–Crippen MR) is 84.4 cm³/mol. The zero-order chi connectivity index (χ0) is 15.0. The topological polar surface area (TPSA) is 32.5 Å². The van der Waals surface area contributed by atoms with Gasteiger partial charge in [0.25, 0.3) is 0 Å². The molecule has 1 saturated heterocycles. The summed E-state index contributed by atoms with van der Waals surface area (Å²) in [6.07, 6.45) is 5.97. The van der Waals surface area contributed by atoms with Crippen molar-refractivity contribution >= 4 is 0 Å². The normalized spacial score (nSPS) is 24.0. The number of hydrogen-bond acceptors (Lipinski definition) is 4. The second kappa shape index (κ2) is 5.73. The van der Waals surface area contributed by atoms with Gasteiger partial charge in [0.15, 0.2) is 0 Å². The molecule has 0 unspecified atom stereocenters. The van der Waals surface area contributed by atoms with Gasteiger partial charge in [-0.2, -0.15) is 0 Å². The van der Waals surface area contributed by atoms with E-state index in [-0.39, 0.29) is 11.5 Å². The van der Waals surface area contributed by atoms with Gasteiger partial charge >= 0.3 is 0 Å². The van der Waals surface area contributed by atoms with E-state index < -0.39 is 0 Å². The van der Waals surface area contributed by atoms with Crippen LogP contribution in [0.5, 0.6) is 0 Å². The van der Waals surface area contributed by atoms with E-state index in [2.05, 4.69) is 42.5 Å². The molecule has 0 bridgehead atoms. The molecule has 0 radical (unpaired) electrons. The highest BCUT2D eigenvalue weighted by Crippen LogP contribution is 2.30. The van der Waals surface area contributed by atoms with Gasteiger partial charge in [0.2, 0.25) is 5.89 Å². The van der Waals surface area contributed by atoms with Crippen LogP contribution in [-0.2, 0) is 5.41 Å². The minimum atomic E-state index is 0.0343. The van der Waals surface area contributed by atoms with Crippen molar-refractivity contribution in [1.29, 1.82) is 0 Å². The summed E-state index contributed by atoms with van der Waals surface area (Å²) in [6, 6.07) is 1.16. The van der Waals surface area contributed by atoms with Crippen molar-refractivity contribution in [2.45, 2.75) is 64.5 Å². The maximum Gasteiger partial charge on any atom is 0.211 e. The van der Waals surface area contributed by atoms with Crippen LogP contribution in [0.25, 0.3) is 0 Å². The van der Waals surface area contributed by atoms with Gasteiger partial charge in [-0.1, -0.05) is 20.8 Å². The molecule has 1 aromatic rings. The van der Waals surface area contributed by atoms with Gasteiger partial charge in [-0.15, -0.1) is 0 Å². The molecule has 0 aromatic carbocycles. The average molecular weight is 291 g/mol. The SMILES string of the molecule is C[C@@H](c1ncc(C(C)(C)C)o1)N1CCCN(C2CC2)CC1. The number of nitrogens with zero attached hydrogens (tertiary/aromatic N) is 3. The summed E-state index contributed by atoms with van der Waals surface area (Å²) >= 11 is 0. The first-order valence-electron chi connectivity index (χ1n) is 8.39. The highest BCUT2D eigenvalue weighted by molar-refractivity contribution is 5.07. The third kappa shape index (κ3) is 3.49. The number of oxazole rings is 1. The molecule has 2 fully saturated rings. The van der Waals surface area contributed by atoms with Gasteiger partial charge in [0.1, 0.15) is 5.76 Å². The highest BCUT2D eigenvalue weighted by Gasteiger charge is 2.31. The molecule has 3 rings (SSSR count). The monoisotopic (exact) mass is 291 g/mol. The Kier molecular flexibility index (Phi) is 4.10. The summed E-state index contributed by atoms with van der Waals surface area (Å²) in [5, 5.41) is 0. The molecule has 4 heteroatoms. The molecule has 1 aromatic heterocycles. The van der Waals surface area contributed by atoms with Crippen LogP contribution in [0.15, 0.2) is 10.6 Å². The molecular weight excluding hydrogens is 262 g/mol. The molecular formula is C17H29N3O. The Morgan fingerprint density at radius 1 is 1.19 bits per heavy atom. The van der Waals surface area contributed by atoms with E-state index in [9.17, 15) is 0 Å². The standard InChI is InChI=1S/C17H29N3O/c1-13(16-18-12-15(21-16)17(2,3)4)19-8-5-9-20(11-10-19)14-6-7-14/h12-14H,5-11H2,1-4H3/t13-/m0/s1. The maximum atomic E-state index is 6.02. The van der Waals surface area contributed by atoms with E-state index in [1.165, 1.54) is 32.4 Å². The Balaban J connectivity index is 1.64. The first-order chi connectivity index (χ1) is 9.95. The Morgan fingerprint density at radius 3 is 2.57 bits per heavy atom. The molecule has 21 heavy (non-hydrogen) atoms. The highest BCUT2D eigenvalue weighted by atomic mass is 16.4. The largest absolute Gasteiger partial charge is 0.443 e. The first-order valence-corrected chi connectivity index (χ1v) is 8.39. The van der Waals surface area contributed by atoms with Crippen LogP contribution in [0.2, 0.25) is 0 Å². The quantitative estimate of drug-likeness (QED) is 0.856. The fraction of sp³-hybridized carbons (Fsp3) is 0.824. The number of aromatic nitrogens is 1. The summed E-state index contributed by atoms with van der Waals surface area (Å²) in [5.74, 6) is 1.86. The van der Waals surface area contributed by atoms with Crippen LogP contribution in [0.4, 0.5) is 0 Å². The molecule has 2 heterocycles. The first kappa shape index (κ1) is 15.0. The lowest BCUT2D eigenvalue weighted by Gasteiger charge is -2.25. The fourth-order valence-electron chi connectivity index (χ4n) is 3.13. The molecule has 4 nitrogen and oxygen atoms in total. The summed E-state index contributed by atoms with van der Waals surface area (Å²) in [6.45, 7) is 13.5. The van der Waals surface area contributed by atoms with Crippen molar-refractivity contribution in [2.24, 2.45) is 0 Å². The minimum Gasteiger partial charge on any atom is -0.443 e. The third-order valence-electron chi connectivity index (χ3n) is 4.80. The average Bonchev–Trinajstić information content (AvgIpc) is 3.17. The molecule has 0 spiro atoms. The van der Waals surface area contributed by atoms with E-state index in [0.29, 0.717) is 0 Å². The van der Waals surface area contributed by atoms with E-state index in [0.717, 1.165) is 30.8 Å². The third-order valence-corrected chi connectivity index (χ3v) is 4.80. The summed E-state index contributed by atoms with van der Waals surface area (Å²) in [4.78, 5) is 9.73. The van der Waals surface area contributed by atoms with Crippen molar-refractivity contribution in [1.82, 2.24) is 14.8 Å². The second-order valence-corrected chi connectivity index (χ2v) is 7.65. The molecule has 1 atom stereocenters. The summed E-state index contributed by atoms with van der Waals surface area (Å²) in [7, 11) is 0. The molecule has 0 N–H and O–H groups in total. The predicted octanol–water partition coefficient (Wildman–Crippen LogP) is 3.20. The van der Waals surface area contributed by atoms with Gasteiger partial charge in [0.05, 0.1) is 12.2 Å². The van der Waals surface area contributed by atoms with E-state index in [4.69, 9.17) is 4.42 Å². The lowest BCUT2D eigenvalue weighted by atomic mass is 9.94. The van der Waals surface area contributed by atoms with Gasteiger partial charge in [-0.05, 0) is 32.7 Å². The lowest BCUT2D eigenvalue weighted by molar-refractivity contribution is 0.179. The molecule has 2 aliphatic rings. The maximum absolute atomic E-state index is 6.02. The lowest BCUT2D eigenvalue weighted by Crippen LogP contribution is -2.33. The van der Waals surface area contributed by atoms with Crippen LogP contribution < -0.4 is 0 Å². The van der Waals surface area contributed by atoms with Crippen LogP contribution in [0.1, 0.15) is 64.7 Å². The van der Waals surface area contributed by atoms with Crippen molar-refractivity contribution in [3.05, 3.63) is 17.8 Å². The van der Waals surface area contributed by atoms with E-state index in [1.54, 1.807) is 0 Å².